The lowest BCUT2D eigenvalue weighted by molar-refractivity contribution is -0.139. The zero-order valence-electron chi connectivity index (χ0n) is 11.7. The predicted molar refractivity (Wildman–Crippen MR) is 74.5 cm³/mol. The Morgan fingerprint density at radius 3 is 2.75 bits per heavy atom. The van der Waals surface area contributed by atoms with Crippen molar-refractivity contribution < 1.29 is 19.4 Å². The molecule has 1 aromatic rings. The number of benzene rings is 1. The number of carbonyl (C=O) groups is 1. The Hall–Kier alpha value is -1.43. The highest BCUT2D eigenvalue weighted by atomic mass is 16.5. The average molecular weight is 279 g/mol. The van der Waals surface area contributed by atoms with E-state index in [4.69, 9.17) is 9.47 Å². The molecule has 5 heteroatoms. The zero-order chi connectivity index (χ0) is 14.4. The standard InChI is InChI=1S/C15H21NO4/c1-19-11-12-4-2-3-5-13(12)14(10-15(17)18)16-6-8-20-9-7-16/h2-5,14H,6-11H2,1H3,(H,17,18). The first-order chi connectivity index (χ1) is 9.72. The van der Waals surface area contributed by atoms with Gasteiger partial charge in [0.15, 0.2) is 0 Å². The van der Waals surface area contributed by atoms with Gasteiger partial charge in [0, 0.05) is 26.2 Å². The van der Waals surface area contributed by atoms with E-state index >= 15 is 0 Å². The third kappa shape index (κ3) is 3.79. The Morgan fingerprint density at radius 2 is 2.10 bits per heavy atom. The summed E-state index contributed by atoms with van der Waals surface area (Å²) in [6.45, 7) is 3.33. The number of methoxy groups -OCH3 is 1. The maximum Gasteiger partial charge on any atom is 0.305 e. The molecule has 0 saturated carbocycles. The van der Waals surface area contributed by atoms with Crippen molar-refractivity contribution in [1.82, 2.24) is 4.90 Å². The summed E-state index contributed by atoms with van der Waals surface area (Å²) in [6, 6.07) is 7.77. The van der Waals surface area contributed by atoms with Crippen LogP contribution in [0.1, 0.15) is 23.6 Å². The fourth-order valence-corrected chi connectivity index (χ4v) is 2.64. The number of nitrogens with zero attached hydrogens (tertiary/aromatic N) is 1. The molecule has 2 rings (SSSR count). The molecule has 1 aromatic carbocycles. The van der Waals surface area contributed by atoms with Gasteiger partial charge in [0.2, 0.25) is 0 Å². The van der Waals surface area contributed by atoms with Crippen LogP contribution in [0.2, 0.25) is 0 Å². The lowest BCUT2D eigenvalue weighted by Crippen LogP contribution is -2.40. The highest BCUT2D eigenvalue weighted by Crippen LogP contribution is 2.28. The molecule has 1 aliphatic heterocycles. The van der Waals surface area contributed by atoms with Crippen molar-refractivity contribution in [2.24, 2.45) is 0 Å². The normalized spacial score (nSPS) is 17.9. The van der Waals surface area contributed by atoms with Crippen LogP contribution in [0.5, 0.6) is 0 Å². The lowest BCUT2D eigenvalue weighted by Gasteiger charge is -2.35. The van der Waals surface area contributed by atoms with E-state index in [0.29, 0.717) is 19.8 Å². The highest BCUT2D eigenvalue weighted by molar-refractivity contribution is 5.68. The van der Waals surface area contributed by atoms with Crippen molar-refractivity contribution in [3.8, 4) is 0 Å². The van der Waals surface area contributed by atoms with Crippen LogP contribution in [0, 0.1) is 0 Å². The minimum Gasteiger partial charge on any atom is -0.481 e. The number of rotatable bonds is 6. The number of ether oxygens (including phenoxy) is 2. The second-order valence-corrected chi connectivity index (χ2v) is 4.89. The summed E-state index contributed by atoms with van der Waals surface area (Å²) in [5.74, 6) is -0.784. The Balaban J connectivity index is 2.27. The van der Waals surface area contributed by atoms with Gasteiger partial charge >= 0.3 is 5.97 Å². The summed E-state index contributed by atoms with van der Waals surface area (Å²) in [6.07, 6.45) is 0.0979. The van der Waals surface area contributed by atoms with Crippen molar-refractivity contribution in [1.29, 1.82) is 0 Å². The van der Waals surface area contributed by atoms with E-state index in [9.17, 15) is 9.90 Å². The number of morpholine rings is 1. The fourth-order valence-electron chi connectivity index (χ4n) is 2.64. The summed E-state index contributed by atoms with van der Waals surface area (Å²) >= 11 is 0. The molecule has 1 aliphatic rings. The Labute approximate surface area is 119 Å². The monoisotopic (exact) mass is 279 g/mol. The van der Waals surface area contributed by atoms with Crippen LogP contribution >= 0.6 is 0 Å². The van der Waals surface area contributed by atoms with Crippen LogP contribution in [-0.2, 0) is 20.9 Å². The molecule has 0 radical (unpaired) electrons. The maximum atomic E-state index is 11.2. The first-order valence-electron chi connectivity index (χ1n) is 6.82. The topological polar surface area (TPSA) is 59.0 Å². The highest BCUT2D eigenvalue weighted by Gasteiger charge is 2.26. The van der Waals surface area contributed by atoms with Crippen molar-refractivity contribution in [3.63, 3.8) is 0 Å². The van der Waals surface area contributed by atoms with Gasteiger partial charge in [-0.25, -0.2) is 0 Å². The first-order valence-corrected chi connectivity index (χ1v) is 6.82. The minimum absolute atomic E-state index is 0.0979. The van der Waals surface area contributed by atoms with Gasteiger partial charge in [0.05, 0.1) is 26.2 Å². The molecular weight excluding hydrogens is 258 g/mol. The fraction of sp³-hybridized carbons (Fsp3) is 0.533. The van der Waals surface area contributed by atoms with E-state index in [-0.39, 0.29) is 12.5 Å². The van der Waals surface area contributed by atoms with Gasteiger partial charge in [-0.05, 0) is 11.1 Å². The van der Waals surface area contributed by atoms with E-state index in [1.807, 2.05) is 24.3 Å². The summed E-state index contributed by atoms with van der Waals surface area (Å²) in [5, 5.41) is 9.21. The molecular formula is C15H21NO4. The third-order valence-electron chi connectivity index (χ3n) is 3.57. The molecule has 110 valence electrons. The van der Waals surface area contributed by atoms with E-state index in [0.717, 1.165) is 24.2 Å². The summed E-state index contributed by atoms with van der Waals surface area (Å²) in [5.41, 5.74) is 2.09. The van der Waals surface area contributed by atoms with Crippen molar-refractivity contribution in [2.45, 2.75) is 19.1 Å². The van der Waals surface area contributed by atoms with Crippen molar-refractivity contribution in [2.75, 3.05) is 33.4 Å². The molecule has 1 heterocycles. The predicted octanol–water partition coefficient (Wildman–Crippen LogP) is 1.68. The number of hydrogen-bond donors (Lipinski definition) is 1. The zero-order valence-corrected chi connectivity index (χ0v) is 11.7. The SMILES string of the molecule is COCc1ccccc1C(CC(=O)O)N1CCOCC1. The quantitative estimate of drug-likeness (QED) is 0.858. The smallest absolute Gasteiger partial charge is 0.305 e. The average Bonchev–Trinajstić information content (AvgIpc) is 2.47. The number of carboxylic acid groups (broad SMARTS) is 1. The van der Waals surface area contributed by atoms with Crippen LogP contribution in [0.3, 0.4) is 0 Å². The third-order valence-corrected chi connectivity index (χ3v) is 3.57. The molecule has 1 saturated heterocycles. The van der Waals surface area contributed by atoms with Gasteiger partial charge in [0.25, 0.3) is 0 Å². The van der Waals surface area contributed by atoms with Crippen LogP contribution in [-0.4, -0.2) is 49.4 Å². The molecule has 1 unspecified atom stereocenters. The van der Waals surface area contributed by atoms with Crippen LogP contribution in [0.25, 0.3) is 0 Å². The Morgan fingerprint density at radius 1 is 1.40 bits per heavy atom. The van der Waals surface area contributed by atoms with Gasteiger partial charge in [-0.1, -0.05) is 24.3 Å². The second-order valence-electron chi connectivity index (χ2n) is 4.89. The molecule has 20 heavy (non-hydrogen) atoms. The molecule has 1 fully saturated rings. The van der Waals surface area contributed by atoms with Crippen LogP contribution in [0.4, 0.5) is 0 Å². The molecule has 1 N–H and O–H groups in total. The summed E-state index contributed by atoms with van der Waals surface area (Å²) in [4.78, 5) is 13.4. The molecule has 0 bridgehead atoms. The summed E-state index contributed by atoms with van der Waals surface area (Å²) in [7, 11) is 1.65. The van der Waals surface area contributed by atoms with Crippen molar-refractivity contribution in [3.05, 3.63) is 35.4 Å². The number of aliphatic carboxylic acids is 1. The second kappa shape index (κ2) is 7.38. The largest absolute Gasteiger partial charge is 0.481 e. The maximum absolute atomic E-state index is 11.2. The number of hydrogen-bond acceptors (Lipinski definition) is 4. The number of carboxylic acids is 1. The van der Waals surface area contributed by atoms with Crippen molar-refractivity contribution >= 4 is 5.97 Å². The Kier molecular flexibility index (Phi) is 5.52. The van der Waals surface area contributed by atoms with Gasteiger partial charge in [-0.3, -0.25) is 9.69 Å². The molecule has 0 aromatic heterocycles. The van der Waals surface area contributed by atoms with Gasteiger partial charge < -0.3 is 14.6 Å². The Bertz CT molecular complexity index is 443. The van der Waals surface area contributed by atoms with Crippen LogP contribution < -0.4 is 0 Å². The lowest BCUT2D eigenvalue weighted by atomic mass is 9.96. The minimum atomic E-state index is -0.784. The van der Waals surface area contributed by atoms with E-state index < -0.39 is 5.97 Å². The molecule has 0 spiro atoms. The van der Waals surface area contributed by atoms with Gasteiger partial charge in [0.1, 0.15) is 0 Å². The molecule has 0 aliphatic carbocycles. The van der Waals surface area contributed by atoms with Crippen LogP contribution in [0.15, 0.2) is 24.3 Å². The first kappa shape index (κ1) is 15.0. The molecule has 1 atom stereocenters. The van der Waals surface area contributed by atoms with E-state index in [1.165, 1.54) is 0 Å². The molecule has 0 amide bonds. The van der Waals surface area contributed by atoms with E-state index in [2.05, 4.69) is 4.90 Å². The molecule has 5 nitrogen and oxygen atoms in total. The summed E-state index contributed by atoms with van der Waals surface area (Å²) < 4.78 is 10.6. The van der Waals surface area contributed by atoms with E-state index in [1.54, 1.807) is 7.11 Å². The van der Waals surface area contributed by atoms with Gasteiger partial charge in [-0.15, -0.1) is 0 Å². The van der Waals surface area contributed by atoms with Gasteiger partial charge in [-0.2, -0.15) is 0 Å².